The first-order valence-corrected chi connectivity index (χ1v) is 17.5. The lowest BCUT2D eigenvalue weighted by molar-refractivity contribution is 0.0632. The minimum atomic E-state index is -2.93. The zero-order chi connectivity index (χ0) is 33.2. The molecule has 0 bridgehead atoms. The Balaban J connectivity index is 1.52. The number of carbonyl (C=O) groups excluding carboxylic acids is 1. The molecule has 1 aromatic heterocycles. The first kappa shape index (κ1) is 33.1. The Morgan fingerprint density at radius 2 is 1.72 bits per heavy atom. The summed E-state index contributed by atoms with van der Waals surface area (Å²) in [6, 6.07) is 26.1. The van der Waals surface area contributed by atoms with E-state index in [1.165, 1.54) is 16.8 Å². The zero-order valence-electron chi connectivity index (χ0n) is 26.4. The molecule has 11 heteroatoms. The monoisotopic (exact) mass is 655 g/mol. The van der Waals surface area contributed by atoms with Crippen LogP contribution < -0.4 is 16.1 Å². The molecule has 2 heterocycles. The van der Waals surface area contributed by atoms with Gasteiger partial charge in [-0.1, -0.05) is 93.0 Å². The van der Waals surface area contributed by atoms with Gasteiger partial charge in [-0.3, -0.25) is 9.48 Å². The molecule has 4 aromatic rings. The first-order chi connectivity index (χ1) is 21.9. The molecule has 3 N–H and O–H groups in total. The number of fused-ring (bicyclic) bond motifs is 1. The van der Waals surface area contributed by atoms with Crippen molar-refractivity contribution in [3.05, 3.63) is 112 Å². The Hall–Kier alpha value is -4.27. The quantitative estimate of drug-likeness (QED) is 0.248. The summed E-state index contributed by atoms with van der Waals surface area (Å²) in [5.74, 6) is -1.47. The van der Waals surface area contributed by atoms with Crippen molar-refractivity contribution in [3.63, 3.8) is 0 Å². The van der Waals surface area contributed by atoms with Crippen molar-refractivity contribution in [2.45, 2.75) is 57.8 Å². The van der Waals surface area contributed by atoms with Crippen LogP contribution in [0.3, 0.4) is 0 Å². The Labute approximate surface area is 275 Å². The molecule has 0 aliphatic carbocycles. The summed E-state index contributed by atoms with van der Waals surface area (Å²) in [7, 11) is -2.93. The largest absolute Gasteiger partial charge is 0.477 e. The zero-order valence-corrected chi connectivity index (χ0v) is 28.2. The predicted molar refractivity (Wildman–Crippen MR) is 180 cm³/mol. The lowest BCUT2D eigenvalue weighted by Gasteiger charge is -2.43. The van der Waals surface area contributed by atoms with Crippen LogP contribution in [0.25, 0.3) is 0 Å². The van der Waals surface area contributed by atoms with Crippen LogP contribution in [-0.4, -0.2) is 59.2 Å². The van der Waals surface area contributed by atoms with Crippen LogP contribution in [0.5, 0.6) is 0 Å². The molecule has 0 fully saturated rings. The minimum Gasteiger partial charge on any atom is -0.477 e. The maximum Gasteiger partial charge on any atom is 0.354 e. The van der Waals surface area contributed by atoms with Crippen molar-refractivity contribution < 1.29 is 19.1 Å². The van der Waals surface area contributed by atoms with E-state index < -0.39 is 20.3 Å². The number of nitrogens with two attached hydrogens (primary N) is 1. The maximum absolute atomic E-state index is 13.6. The van der Waals surface area contributed by atoms with Gasteiger partial charge in [-0.2, -0.15) is 10.4 Å². The number of nitriles is 1. The molecule has 5 rings (SSSR count). The molecule has 1 amide bonds. The van der Waals surface area contributed by atoms with Crippen molar-refractivity contribution in [3.8, 4) is 6.07 Å². The van der Waals surface area contributed by atoms with Crippen LogP contribution in [0.2, 0.25) is 10.1 Å². The molecule has 1 aliphatic heterocycles. The van der Waals surface area contributed by atoms with Crippen molar-refractivity contribution >= 4 is 42.2 Å². The van der Waals surface area contributed by atoms with Gasteiger partial charge in [0.05, 0.1) is 35.5 Å². The molecular weight excluding hydrogens is 618 g/mol. The number of aromatic nitrogens is 2. The SMILES string of the molecule is C[C@@H]1Cc2nn(C(CN)CO[Si](c3ccccc3)(c3ccccc3)C(C)(C)C)c(C(=O)O)c2CN1C(=O)c1ccc(Cl)c(C#N)c1. The Morgan fingerprint density at radius 1 is 1.11 bits per heavy atom. The fraction of sp³-hybridized carbons (Fsp3) is 0.314. The molecule has 0 saturated carbocycles. The number of benzene rings is 3. The lowest BCUT2D eigenvalue weighted by Crippen LogP contribution is -2.67. The smallest absolute Gasteiger partial charge is 0.354 e. The predicted octanol–water partition coefficient (Wildman–Crippen LogP) is 4.77. The molecule has 0 saturated heterocycles. The summed E-state index contributed by atoms with van der Waals surface area (Å²) >= 11 is 6.09. The highest BCUT2D eigenvalue weighted by Gasteiger charge is 2.50. The van der Waals surface area contributed by atoms with E-state index in [1.807, 2.05) is 49.4 Å². The Morgan fingerprint density at radius 3 is 2.24 bits per heavy atom. The minimum absolute atomic E-state index is 0.00461. The Bertz CT molecular complexity index is 1740. The average Bonchev–Trinajstić information content (AvgIpc) is 3.41. The van der Waals surface area contributed by atoms with Gasteiger partial charge in [0.25, 0.3) is 14.2 Å². The second-order valence-corrected chi connectivity index (χ2v) is 17.4. The maximum atomic E-state index is 13.6. The molecule has 0 radical (unpaired) electrons. The number of nitrogens with zero attached hydrogens (tertiary/aromatic N) is 4. The number of carbonyl (C=O) groups is 2. The van der Waals surface area contributed by atoms with Gasteiger partial charge in [0, 0.05) is 30.1 Å². The van der Waals surface area contributed by atoms with E-state index >= 15 is 0 Å². The van der Waals surface area contributed by atoms with Crippen molar-refractivity contribution in [1.29, 1.82) is 5.26 Å². The van der Waals surface area contributed by atoms with Crippen LogP contribution in [0.1, 0.15) is 71.4 Å². The summed E-state index contributed by atoms with van der Waals surface area (Å²) in [6.07, 6.45) is 0.361. The number of carboxylic acids is 1. The van der Waals surface area contributed by atoms with E-state index in [0.717, 1.165) is 10.4 Å². The van der Waals surface area contributed by atoms with Crippen molar-refractivity contribution in [2.24, 2.45) is 5.73 Å². The van der Waals surface area contributed by atoms with Gasteiger partial charge < -0.3 is 20.2 Å². The van der Waals surface area contributed by atoms with E-state index in [0.29, 0.717) is 23.2 Å². The lowest BCUT2D eigenvalue weighted by atomic mass is 9.98. The summed E-state index contributed by atoms with van der Waals surface area (Å²) < 4.78 is 8.60. The third kappa shape index (κ3) is 5.99. The fourth-order valence-electron chi connectivity index (χ4n) is 6.46. The van der Waals surface area contributed by atoms with Gasteiger partial charge in [-0.15, -0.1) is 0 Å². The van der Waals surface area contributed by atoms with Gasteiger partial charge >= 0.3 is 5.97 Å². The van der Waals surface area contributed by atoms with E-state index in [1.54, 1.807) is 11.0 Å². The summed E-state index contributed by atoms with van der Waals surface area (Å²) in [5.41, 5.74) is 7.93. The summed E-state index contributed by atoms with van der Waals surface area (Å²) in [4.78, 5) is 28.1. The van der Waals surface area contributed by atoms with Gasteiger partial charge in [-0.25, -0.2) is 4.79 Å². The number of aromatic carboxylic acids is 1. The van der Waals surface area contributed by atoms with Gasteiger partial charge in [0.2, 0.25) is 0 Å². The van der Waals surface area contributed by atoms with Crippen LogP contribution in [0, 0.1) is 11.3 Å². The summed E-state index contributed by atoms with van der Waals surface area (Å²) in [6.45, 7) is 8.73. The van der Waals surface area contributed by atoms with Crippen LogP contribution >= 0.6 is 11.6 Å². The van der Waals surface area contributed by atoms with Gasteiger partial charge in [-0.05, 0) is 40.5 Å². The second kappa shape index (κ2) is 13.2. The molecule has 0 spiro atoms. The molecule has 9 nitrogen and oxygen atoms in total. The van der Waals surface area contributed by atoms with Crippen LogP contribution in [0.4, 0.5) is 0 Å². The number of hydrogen-bond acceptors (Lipinski definition) is 6. The fourth-order valence-corrected chi connectivity index (χ4v) is 11.2. The molecule has 46 heavy (non-hydrogen) atoms. The number of carboxylic acid groups (broad SMARTS) is 1. The number of rotatable bonds is 9. The highest BCUT2D eigenvalue weighted by Crippen LogP contribution is 2.37. The first-order valence-electron chi connectivity index (χ1n) is 15.2. The highest BCUT2D eigenvalue weighted by molar-refractivity contribution is 6.99. The second-order valence-electron chi connectivity index (χ2n) is 12.7. The highest BCUT2D eigenvalue weighted by atomic mass is 35.5. The molecular formula is C35H38ClN5O4Si. The third-order valence-electron chi connectivity index (χ3n) is 8.77. The van der Waals surface area contributed by atoms with Gasteiger partial charge in [0.15, 0.2) is 5.69 Å². The molecule has 1 aliphatic rings. The normalized spacial score (nSPS) is 15.6. The number of halogens is 1. The topological polar surface area (TPSA) is 134 Å². The molecule has 238 valence electrons. The number of amides is 1. The molecule has 2 atom stereocenters. The van der Waals surface area contributed by atoms with Crippen molar-refractivity contribution in [1.82, 2.24) is 14.7 Å². The van der Waals surface area contributed by atoms with Gasteiger partial charge in [0.1, 0.15) is 6.07 Å². The van der Waals surface area contributed by atoms with E-state index in [9.17, 15) is 20.0 Å². The average molecular weight is 656 g/mol. The molecule has 1 unspecified atom stereocenters. The summed E-state index contributed by atoms with van der Waals surface area (Å²) in [5, 5.41) is 26.9. The van der Waals surface area contributed by atoms with Crippen molar-refractivity contribution in [2.75, 3.05) is 13.2 Å². The Kier molecular flexibility index (Phi) is 9.51. The van der Waals surface area contributed by atoms with Crippen LogP contribution in [0.15, 0.2) is 78.9 Å². The van der Waals surface area contributed by atoms with E-state index in [-0.39, 0.29) is 53.0 Å². The van der Waals surface area contributed by atoms with Crippen LogP contribution in [-0.2, 0) is 17.4 Å². The third-order valence-corrected chi connectivity index (χ3v) is 14.1. The number of hydrogen-bond donors (Lipinski definition) is 2. The molecule has 3 aromatic carbocycles. The van der Waals surface area contributed by atoms with E-state index in [4.69, 9.17) is 26.9 Å². The standard InChI is InChI=1S/C35H38ClN5O4Si/c1-23-17-31-29(21-40(23)33(42)24-15-16-30(36)25(18-24)19-37)32(34(43)44)41(39-31)26(20-38)22-45-46(35(2,3)4,27-11-7-5-8-12-27)28-13-9-6-10-14-28/h5-16,18,23,26H,17,20-22,38H2,1-4H3,(H,43,44)/t23-,26?/m1/s1. The van der Waals surface area contributed by atoms with E-state index in [2.05, 4.69) is 45.0 Å².